The van der Waals surface area contributed by atoms with E-state index in [1.165, 1.54) is 24.1 Å². The number of methoxy groups -OCH3 is 1. The van der Waals surface area contributed by atoms with Crippen LogP contribution in [0, 0.1) is 0 Å². The summed E-state index contributed by atoms with van der Waals surface area (Å²) in [7, 11) is 3.74. The van der Waals surface area contributed by atoms with Crippen molar-refractivity contribution in [2.45, 2.75) is 25.3 Å². The highest BCUT2D eigenvalue weighted by Crippen LogP contribution is 2.38. The van der Waals surface area contributed by atoms with E-state index in [9.17, 15) is 0 Å². The monoisotopic (exact) mass is 286 g/mol. The maximum absolute atomic E-state index is 5.08. The van der Waals surface area contributed by atoms with Gasteiger partial charge >= 0.3 is 0 Å². The molecule has 0 aliphatic heterocycles. The average molecular weight is 286 g/mol. The predicted octanol–water partition coefficient (Wildman–Crippen LogP) is 2.29. The number of nitrogens with zero attached hydrogens (tertiary/aromatic N) is 4. The molecule has 1 aliphatic rings. The first-order valence-electron chi connectivity index (χ1n) is 7.44. The molecule has 1 fully saturated rings. The lowest BCUT2D eigenvalue weighted by Crippen LogP contribution is -2.22. The fraction of sp³-hybridized carbons (Fsp3) is 0.500. The normalized spacial score (nSPS) is 14.4. The summed E-state index contributed by atoms with van der Waals surface area (Å²) in [6.07, 6.45) is 6.57. The van der Waals surface area contributed by atoms with Gasteiger partial charge in [0.15, 0.2) is 0 Å². The van der Waals surface area contributed by atoms with Gasteiger partial charge in [0.25, 0.3) is 0 Å². The molecular weight excluding hydrogens is 264 g/mol. The molecule has 0 N–H and O–H groups in total. The summed E-state index contributed by atoms with van der Waals surface area (Å²) in [4.78, 5) is 6.60. The van der Waals surface area contributed by atoms with E-state index in [1.54, 1.807) is 7.11 Å². The summed E-state index contributed by atoms with van der Waals surface area (Å²) in [5.74, 6) is 1.68. The molecule has 0 unspecified atom stereocenters. The van der Waals surface area contributed by atoms with Gasteiger partial charge in [0.1, 0.15) is 5.82 Å². The number of anilines is 1. The van der Waals surface area contributed by atoms with Crippen molar-refractivity contribution in [3.8, 4) is 0 Å². The molecule has 2 heterocycles. The molecule has 5 nitrogen and oxygen atoms in total. The number of rotatable bonds is 7. The van der Waals surface area contributed by atoms with Crippen LogP contribution in [0.2, 0.25) is 0 Å². The highest BCUT2D eigenvalue weighted by Gasteiger charge is 2.25. The molecule has 3 rings (SSSR count). The van der Waals surface area contributed by atoms with Crippen LogP contribution < -0.4 is 4.90 Å². The molecule has 0 radical (unpaired) electrons. The molecule has 0 atom stereocenters. The number of likely N-dealkylation sites (N-methyl/N-ethyl adjacent to an activating group) is 1. The van der Waals surface area contributed by atoms with Gasteiger partial charge in [-0.1, -0.05) is 6.07 Å². The molecule has 21 heavy (non-hydrogen) atoms. The van der Waals surface area contributed by atoms with Crippen LogP contribution >= 0.6 is 0 Å². The van der Waals surface area contributed by atoms with Crippen molar-refractivity contribution in [3.05, 3.63) is 41.9 Å². The summed E-state index contributed by atoms with van der Waals surface area (Å²) in [6, 6.07) is 6.30. The van der Waals surface area contributed by atoms with Crippen LogP contribution in [0.3, 0.4) is 0 Å². The Hall–Kier alpha value is -1.88. The standard InChI is InChI=1S/C16H22N4O/c1-19(9-10-21-2)16-6-3-13(11-17-16)12-20-8-7-15(18-20)14-4-5-14/h3,6-8,11,14H,4-5,9-10,12H2,1-2H3. The Bertz CT molecular complexity index is 574. The summed E-state index contributed by atoms with van der Waals surface area (Å²) in [5.41, 5.74) is 2.41. The molecular formula is C16H22N4O. The topological polar surface area (TPSA) is 43.2 Å². The number of pyridine rings is 1. The Morgan fingerprint density at radius 2 is 2.19 bits per heavy atom. The second-order valence-corrected chi connectivity index (χ2v) is 5.65. The molecule has 2 aromatic heterocycles. The van der Waals surface area contributed by atoms with E-state index in [-0.39, 0.29) is 0 Å². The highest BCUT2D eigenvalue weighted by molar-refractivity contribution is 5.38. The fourth-order valence-electron chi connectivity index (χ4n) is 2.33. The summed E-state index contributed by atoms with van der Waals surface area (Å²) in [6.45, 7) is 2.33. The molecule has 0 bridgehead atoms. The summed E-state index contributed by atoms with van der Waals surface area (Å²) >= 11 is 0. The van der Waals surface area contributed by atoms with E-state index in [2.05, 4.69) is 39.4 Å². The Labute approximate surface area is 125 Å². The largest absolute Gasteiger partial charge is 0.383 e. The van der Waals surface area contributed by atoms with Crippen molar-refractivity contribution in [2.75, 3.05) is 32.2 Å². The van der Waals surface area contributed by atoms with Crippen LogP contribution in [0.5, 0.6) is 0 Å². The van der Waals surface area contributed by atoms with E-state index < -0.39 is 0 Å². The first-order chi connectivity index (χ1) is 10.3. The minimum absolute atomic E-state index is 0.706. The van der Waals surface area contributed by atoms with Crippen LogP contribution in [-0.2, 0) is 11.3 Å². The van der Waals surface area contributed by atoms with Crippen molar-refractivity contribution < 1.29 is 4.74 Å². The van der Waals surface area contributed by atoms with Crippen molar-refractivity contribution in [1.82, 2.24) is 14.8 Å². The molecule has 0 spiro atoms. The Morgan fingerprint density at radius 1 is 1.33 bits per heavy atom. The van der Waals surface area contributed by atoms with Gasteiger partial charge in [-0.3, -0.25) is 4.68 Å². The lowest BCUT2D eigenvalue weighted by Gasteiger charge is -2.17. The van der Waals surface area contributed by atoms with Crippen LogP contribution in [-0.4, -0.2) is 42.1 Å². The minimum Gasteiger partial charge on any atom is -0.383 e. The lowest BCUT2D eigenvalue weighted by molar-refractivity contribution is 0.206. The van der Waals surface area contributed by atoms with E-state index in [0.29, 0.717) is 12.5 Å². The smallest absolute Gasteiger partial charge is 0.128 e. The van der Waals surface area contributed by atoms with E-state index in [1.807, 2.05) is 17.9 Å². The Morgan fingerprint density at radius 3 is 2.86 bits per heavy atom. The Kier molecular flexibility index (Phi) is 4.20. The highest BCUT2D eigenvalue weighted by atomic mass is 16.5. The zero-order valence-electron chi connectivity index (χ0n) is 12.7. The molecule has 112 valence electrons. The van der Waals surface area contributed by atoms with Crippen molar-refractivity contribution in [1.29, 1.82) is 0 Å². The first kappa shape index (κ1) is 14.1. The zero-order valence-corrected chi connectivity index (χ0v) is 12.7. The lowest BCUT2D eigenvalue weighted by atomic mass is 10.3. The molecule has 1 saturated carbocycles. The third-order valence-electron chi connectivity index (χ3n) is 3.83. The first-order valence-corrected chi connectivity index (χ1v) is 7.44. The van der Waals surface area contributed by atoms with E-state index in [0.717, 1.165) is 18.9 Å². The molecule has 0 amide bonds. The van der Waals surface area contributed by atoms with Crippen molar-refractivity contribution >= 4 is 5.82 Å². The second-order valence-electron chi connectivity index (χ2n) is 5.65. The van der Waals surface area contributed by atoms with Gasteiger partial charge in [-0.05, 0) is 30.5 Å². The van der Waals surface area contributed by atoms with Gasteiger partial charge in [0.05, 0.1) is 18.8 Å². The van der Waals surface area contributed by atoms with Crippen molar-refractivity contribution in [2.24, 2.45) is 0 Å². The van der Waals surface area contributed by atoms with Crippen LogP contribution in [0.1, 0.15) is 30.0 Å². The second kappa shape index (κ2) is 6.26. The SMILES string of the molecule is COCCN(C)c1ccc(Cn2ccc(C3CC3)n2)cn1. The molecule has 0 saturated heterocycles. The van der Waals surface area contributed by atoms with Crippen LogP contribution in [0.4, 0.5) is 5.82 Å². The quantitative estimate of drug-likeness (QED) is 0.783. The predicted molar refractivity (Wildman–Crippen MR) is 82.7 cm³/mol. The molecule has 2 aromatic rings. The molecule has 0 aromatic carbocycles. The van der Waals surface area contributed by atoms with Gasteiger partial charge in [0, 0.05) is 39.0 Å². The van der Waals surface area contributed by atoms with Gasteiger partial charge in [0.2, 0.25) is 0 Å². The van der Waals surface area contributed by atoms with Gasteiger partial charge in [-0.2, -0.15) is 5.10 Å². The summed E-state index contributed by atoms with van der Waals surface area (Å²) in [5, 5.41) is 4.63. The number of hydrogen-bond donors (Lipinski definition) is 0. The minimum atomic E-state index is 0.706. The zero-order chi connectivity index (χ0) is 14.7. The third kappa shape index (κ3) is 3.61. The maximum Gasteiger partial charge on any atom is 0.128 e. The molecule has 1 aliphatic carbocycles. The third-order valence-corrected chi connectivity index (χ3v) is 3.83. The average Bonchev–Trinajstić information content (AvgIpc) is 3.26. The van der Waals surface area contributed by atoms with Crippen LogP contribution in [0.25, 0.3) is 0 Å². The van der Waals surface area contributed by atoms with E-state index in [4.69, 9.17) is 4.74 Å². The van der Waals surface area contributed by atoms with Gasteiger partial charge in [-0.15, -0.1) is 0 Å². The number of hydrogen-bond acceptors (Lipinski definition) is 4. The number of ether oxygens (including phenoxy) is 1. The maximum atomic E-state index is 5.08. The van der Waals surface area contributed by atoms with Crippen LogP contribution in [0.15, 0.2) is 30.6 Å². The Balaban J connectivity index is 1.60. The summed E-state index contributed by atoms with van der Waals surface area (Å²) < 4.78 is 7.08. The van der Waals surface area contributed by atoms with E-state index >= 15 is 0 Å². The number of aromatic nitrogens is 3. The van der Waals surface area contributed by atoms with Gasteiger partial charge in [-0.25, -0.2) is 4.98 Å². The fourth-order valence-corrected chi connectivity index (χ4v) is 2.33. The van der Waals surface area contributed by atoms with Crippen molar-refractivity contribution in [3.63, 3.8) is 0 Å². The molecule has 5 heteroatoms. The van der Waals surface area contributed by atoms with Gasteiger partial charge < -0.3 is 9.64 Å².